The van der Waals surface area contributed by atoms with Crippen LogP contribution in [0, 0.1) is 11.7 Å². The smallest absolute Gasteiger partial charge is 0.150 e. The predicted molar refractivity (Wildman–Crippen MR) is 125 cm³/mol. The van der Waals surface area contributed by atoms with E-state index >= 15 is 0 Å². The van der Waals surface area contributed by atoms with Gasteiger partial charge in [0.15, 0.2) is 0 Å². The molecule has 1 aromatic carbocycles. The highest BCUT2D eigenvalue weighted by atomic mass is 19.1. The molecular formula is C24H29FN6O. The second kappa shape index (κ2) is 9.08. The quantitative estimate of drug-likeness (QED) is 0.526. The topological polar surface area (TPSA) is 75.2 Å². The first-order chi connectivity index (χ1) is 15.4. The number of nitrogens with one attached hydrogen (secondary N) is 2. The summed E-state index contributed by atoms with van der Waals surface area (Å²) < 4.78 is 19.1. The van der Waals surface area contributed by atoms with E-state index < -0.39 is 0 Å². The lowest BCUT2D eigenvalue weighted by atomic mass is 9.82. The summed E-state index contributed by atoms with van der Waals surface area (Å²) in [5, 5.41) is 6.67. The molecule has 0 saturated carbocycles. The lowest BCUT2D eigenvalue weighted by molar-refractivity contribution is -0.0684. The van der Waals surface area contributed by atoms with Gasteiger partial charge in [-0.2, -0.15) is 0 Å². The molecule has 0 aliphatic carbocycles. The molecule has 1 atom stereocenters. The Kier molecular flexibility index (Phi) is 6.23. The Labute approximate surface area is 188 Å². The van der Waals surface area contributed by atoms with Gasteiger partial charge in [-0.3, -0.25) is 4.98 Å². The van der Waals surface area contributed by atoms with Gasteiger partial charge in [0.05, 0.1) is 6.20 Å². The van der Waals surface area contributed by atoms with Gasteiger partial charge in [0.2, 0.25) is 0 Å². The van der Waals surface area contributed by atoms with Crippen molar-refractivity contribution < 1.29 is 9.13 Å². The zero-order valence-corrected chi connectivity index (χ0v) is 18.8. The number of ether oxygens (including phenoxy) is 1. The first-order valence-corrected chi connectivity index (χ1v) is 10.8. The fourth-order valence-corrected chi connectivity index (χ4v) is 3.90. The molecule has 1 aliphatic heterocycles. The van der Waals surface area contributed by atoms with Crippen LogP contribution in [0.15, 0.2) is 55.0 Å². The lowest BCUT2D eigenvalue weighted by Gasteiger charge is -2.52. The van der Waals surface area contributed by atoms with Crippen LogP contribution in [0.3, 0.4) is 0 Å². The van der Waals surface area contributed by atoms with E-state index in [9.17, 15) is 4.39 Å². The van der Waals surface area contributed by atoms with E-state index in [0.29, 0.717) is 23.4 Å². The molecule has 2 aromatic heterocycles. The molecular weight excluding hydrogens is 407 g/mol. The number of anilines is 4. The monoisotopic (exact) mass is 436 g/mol. The van der Waals surface area contributed by atoms with E-state index in [1.165, 1.54) is 12.1 Å². The van der Waals surface area contributed by atoms with Crippen LogP contribution in [0.1, 0.15) is 32.4 Å². The number of methoxy groups -OCH3 is 1. The summed E-state index contributed by atoms with van der Waals surface area (Å²) in [6, 6.07) is 10.5. The van der Waals surface area contributed by atoms with Crippen molar-refractivity contribution in [1.29, 1.82) is 0 Å². The van der Waals surface area contributed by atoms with Gasteiger partial charge >= 0.3 is 0 Å². The minimum Gasteiger partial charge on any atom is -0.374 e. The van der Waals surface area contributed by atoms with E-state index in [1.807, 2.05) is 19.1 Å². The van der Waals surface area contributed by atoms with Crippen molar-refractivity contribution in [2.24, 2.45) is 5.92 Å². The second-order valence-electron chi connectivity index (χ2n) is 8.51. The normalized spacial score (nSPS) is 15.9. The SMILES string of the molecule is COC1(C(C)C)CN(c2cc(Nc3cnccn3)nc(N[C@@H](C)c3ccc(F)cc3)c2)C1. The van der Waals surface area contributed by atoms with Crippen molar-refractivity contribution in [2.75, 3.05) is 35.7 Å². The Morgan fingerprint density at radius 2 is 1.75 bits per heavy atom. The first kappa shape index (κ1) is 22.0. The maximum Gasteiger partial charge on any atom is 0.150 e. The highest BCUT2D eigenvalue weighted by molar-refractivity contribution is 5.66. The molecule has 3 heterocycles. The molecule has 0 amide bonds. The molecule has 32 heavy (non-hydrogen) atoms. The third-order valence-electron chi connectivity index (χ3n) is 6.10. The van der Waals surface area contributed by atoms with Crippen LogP contribution in [0.25, 0.3) is 0 Å². The molecule has 4 rings (SSSR count). The summed E-state index contributed by atoms with van der Waals surface area (Å²) in [6.45, 7) is 8.01. The number of hydrogen-bond donors (Lipinski definition) is 2. The van der Waals surface area contributed by atoms with Crippen LogP contribution in [-0.4, -0.2) is 40.8 Å². The molecule has 3 aromatic rings. The van der Waals surface area contributed by atoms with Crippen LogP contribution in [-0.2, 0) is 4.74 Å². The molecule has 2 N–H and O–H groups in total. The zero-order valence-electron chi connectivity index (χ0n) is 18.8. The number of halogens is 1. The highest BCUT2D eigenvalue weighted by Gasteiger charge is 2.46. The van der Waals surface area contributed by atoms with Gasteiger partial charge in [0.25, 0.3) is 0 Å². The summed E-state index contributed by atoms with van der Waals surface area (Å²) in [7, 11) is 1.78. The lowest BCUT2D eigenvalue weighted by Crippen LogP contribution is -2.65. The van der Waals surface area contributed by atoms with E-state index in [0.717, 1.165) is 24.3 Å². The molecule has 0 spiro atoms. The first-order valence-electron chi connectivity index (χ1n) is 10.8. The molecule has 0 radical (unpaired) electrons. The summed E-state index contributed by atoms with van der Waals surface area (Å²) in [5.74, 6) is 2.16. The third-order valence-corrected chi connectivity index (χ3v) is 6.10. The van der Waals surface area contributed by atoms with Crippen LogP contribution < -0.4 is 15.5 Å². The van der Waals surface area contributed by atoms with E-state index in [-0.39, 0.29) is 17.5 Å². The average molecular weight is 437 g/mol. The summed E-state index contributed by atoms with van der Waals surface area (Å²) in [6.07, 6.45) is 4.91. The van der Waals surface area contributed by atoms with E-state index in [2.05, 4.69) is 39.3 Å². The van der Waals surface area contributed by atoms with Gasteiger partial charge < -0.3 is 20.3 Å². The van der Waals surface area contributed by atoms with Crippen LogP contribution in [0.4, 0.5) is 27.5 Å². The number of aromatic nitrogens is 3. The van der Waals surface area contributed by atoms with Gasteiger partial charge in [-0.25, -0.2) is 14.4 Å². The van der Waals surface area contributed by atoms with Crippen molar-refractivity contribution in [3.05, 3.63) is 66.4 Å². The summed E-state index contributed by atoms with van der Waals surface area (Å²) in [5.41, 5.74) is 1.87. The maximum absolute atomic E-state index is 13.3. The van der Waals surface area contributed by atoms with Gasteiger partial charge in [-0.05, 0) is 30.5 Å². The van der Waals surface area contributed by atoms with Gasteiger partial charge in [-0.1, -0.05) is 26.0 Å². The third kappa shape index (κ3) is 4.65. The second-order valence-corrected chi connectivity index (χ2v) is 8.51. The summed E-state index contributed by atoms with van der Waals surface area (Å²) >= 11 is 0. The van der Waals surface area contributed by atoms with Crippen molar-refractivity contribution >= 4 is 23.1 Å². The fraction of sp³-hybridized carbons (Fsp3) is 0.375. The average Bonchev–Trinajstić information content (AvgIpc) is 2.74. The molecule has 8 heteroatoms. The Morgan fingerprint density at radius 1 is 1.03 bits per heavy atom. The van der Waals surface area contributed by atoms with Crippen LogP contribution >= 0.6 is 0 Å². The molecule has 0 unspecified atom stereocenters. The number of nitrogens with zero attached hydrogens (tertiary/aromatic N) is 4. The fourth-order valence-electron chi connectivity index (χ4n) is 3.90. The van der Waals surface area contributed by atoms with Gasteiger partial charge in [0, 0.05) is 56.5 Å². The maximum atomic E-state index is 13.3. The Morgan fingerprint density at radius 3 is 2.38 bits per heavy atom. The zero-order chi connectivity index (χ0) is 22.7. The van der Waals surface area contributed by atoms with Gasteiger partial charge in [-0.15, -0.1) is 0 Å². The summed E-state index contributed by atoms with van der Waals surface area (Å²) in [4.78, 5) is 15.4. The van der Waals surface area contributed by atoms with Crippen LogP contribution in [0.2, 0.25) is 0 Å². The number of rotatable bonds is 8. The largest absolute Gasteiger partial charge is 0.374 e. The predicted octanol–water partition coefficient (Wildman–Crippen LogP) is 4.79. The Bertz CT molecular complexity index is 1040. The van der Waals surface area contributed by atoms with Crippen molar-refractivity contribution in [3.63, 3.8) is 0 Å². The van der Waals surface area contributed by atoms with Crippen LogP contribution in [0.5, 0.6) is 0 Å². The Balaban J connectivity index is 1.59. The Hall–Kier alpha value is -3.26. The number of hydrogen-bond acceptors (Lipinski definition) is 7. The molecule has 1 saturated heterocycles. The van der Waals surface area contributed by atoms with E-state index in [1.54, 1.807) is 37.8 Å². The number of pyridine rings is 1. The van der Waals surface area contributed by atoms with E-state index in [4.69, 9.17) is 9.72 Å². The van der Waals surface area contributed by atoms with Crippen molar-refractivity contribution in [1.82, 2.24) is 15.0 Å². The van der Waals surface area contributed by atoms with Gasteiger partial charge in [0.1, 0.15) is 28.9 Å². The van der Waals surface area contributed by atoms with Crippen molar-refractivity contribution in [3.8, 4) is 0 Å². The minimum absolute atomic E-state index is 0.0483. The standard InChI is InChI=1S/C24H29FN6O/c1-16(2)24(32-4)14-31(15-24)20-11-21(28-17(3)18-5-7-19(25)8-6-18)29-22(12-20)30-23-13-26-9-10-27-23/h5-13,16-17H,14-15H2,1-4H3,(H2,27,28,29,30)/t17-/m0/s1. The molecule has 0 bridgehead atoms. The molecule has 7 nitrogen and oxygen atoms in total. The van der Waals surface area contributed by atoms with Crippen molar-refractivity contribution in [2.45, 2.75) is 32.4 Å². The highest BCUT2D eigenvalue weighted by Crippen LogP contribution is 2.37. The number of benzene rings is 1. The molecule has 1 fully saturated rings. The minimum atomic E-state index is -0.249. The molecule has 1 aliphatic rings. The molecule has 168 valence electrons.